The molecule has 2 heterocycles. The van der Waals surface area contributed by atoms with E-state index in [1.807, 2.05) is 17.4 Å². The van der Waals surface area contributed by atoms with E-state index in [1.54, 1.807) is 0 Å². The molecular formula is C24H28N2OS. The van der Waals surface area contributed by atoms with E-state index >= 15 is 0 Å². The van der Waals surface area contributed by atoms with E-state index in [1.165, 1.54) is 27.1 Å². The number of thiophene rings is 1. The van der Waals surface area contributed by atoms with Gasteiger partial charge in [-0.2, -0.15) is 0 Å². The molecule has 1 N–H and O–H groups in total. The van der Waals surface area contributed by atoms with Gasteiger partial charge in [-0.05, 0) is 47.5 Å². The van der Waals surface area contributed by atoms with Gasteiger partial charge in [-0.15, -0.1) is 11.3 Å². The summed E-state index contributed by atoms with van der Waals surface area (Å²) in [6, 6.07) is 19.7. The Hall–Kier alpha value is -2.14. The highest BCUT2D eigenvalue weighted by Gasteiger charge is 2.25. The van der Waals surface area contributed by atoms with E-state index in [-0.39, 0.29) is 0 Å². The van der Waals surface area contributed by atoms with Crippen LogP contribution < -0.4 is 10.1 Å². The zero-order valence-electron chi connectivity index (χ0n) is 16.7. The Morgan fingerprint density at radius 3 is 2.36 bits per heavy atom. The first-order valence-electron chi connectivity index (χ1n) is 9.98. The van der Waals surface area contributed by atoms with Crippen LogP contribution in [0, 0.1) is 13.8 Å². The van der Waals surface area contributed by atoms with Gasteiger partial charge in [0.1, 0.15) is 12.4 Å². The Labute approximate surface area is 172 Å². The van der Waals surface area contributed by atoms with Crippen LogP contribution in [0.3, 0.4) is 0 Å². The third-order valence-corrected chi connectivity index (χ3v) is 6.28. The normalized spacial score (nSPS) is 16.1. The molecule has 3 nitrogen and oxygen atoms in total. The largest absolute Gasteiger partial charge is 0.488 e. The van der Waals surface area contributed by atoms with Crippen molar-refractivity contribution in [1.82, 2.24) is 10.2 Å². The molecular weight excluding hydrogens is 364 g/mol. The van der Waals surface area contributed by atoms with Crippen molar-refractivity contribution in [3.8, 4) is 5.75 Å². The number of hydrogen-bond donors (Lipinski definition) is 1. The molecule has 0 amide bonds. The molecule has 0 radical (unpaired) electrons. The second-order valence-electron chi connectivity index (χ2n) is 7.46. The van der Waals surface area contributed by atoms with Crippen LogP contribution in [-0.4, -0.2) is 31.1 Å². The van der Waals surface area contributed by atoms with Gasteiger partial charge in [0.05, 0.1) is 6.04 Å². The molecule has 1 aliphatic rings. The second-order valence-corrected chi connectivity index (χ2v) is 8.44. The highest BCUT2D eigenvalue weighted by molar-refractivity contribution is 7.10. The minimum atomic E-state index is 0.322. The summed E-state index contributed by atoms with van der Waals surface area (Å²) in [5.74, 6) is 1.01. The lowest BCUT2D eigenvalue weighted by molar-refractivity contribution is 0.200. The molecule has 0 saturated carbocycles. The van der Waals surface area contributed by atoms with Crippen LogP contribution in [0.5, 0.6) is 5.75 Å². The van der Waals surface area contributed by atoms with Gasteiger partial charge in [-0.1, -0.05) is 48.5 Å². The fourth-order valence-electron chi connectivity index (χ4n) is 4.04. The molecule has 28 heavy (non-hydrogen) atoms. The number of ether oxygens (including phenoxy) is 1. The average molecular weight is 393 g/mol. The molecule has 1 aliphatic heterocycles. The first kappa shape index (κ1) is 19.2. The topological polar surface area (TPSA) is 24.5 Å². The van der Waals surface area contributed by atoms with E-state index in [4.69, 9.17) is 4.74 Å². The van der Waals surface area contributed by atoms with Gasteiger partial charge in [0, 0.05) is 31.1 Å². The van der Waals surface area contributed by atoms with Crippen LogP contribution in [0.25, 0.3) is 0 Å². The molecule has 0 unspecified atom stereocenters. The minimum Gasteiger partial charge on any atom is -0.488 e. The second kappa shape index (κ2) is 8.91. The smallest absolute Gasteiger partial charge is 0.125 e. The minimum absolute atomic E-state index is 0.322. The van der Waals surface area contributed by atoms with Gasteiger partial charge < -0.3 is 10.1 Å². The van der Waals surface area contributed by atoms with Gasteiger partial charge in [-0.25, -0.2) is 0 Å². The number of benzene rings is 2. The van der Waals surface area contributed by atoms with Crippen molar-refractivity contribution in [3.05, 3.63) is 87.1 Å². The van der Waals surface area contributed by atoms with Gasteiger partial charge >= 0.3 is 0 Å². The van der Waals surface area contributed by atoms with E-state index in [2.05, 4.69) is 78.0 Å². The summed E-state index contributed by atoms with van der Waals surface area (Å²) in [6.07, 6.45) is 0. The van der Waals surface area contributed by atoms with Crippen molar-refractivity contribution in [2.75, 3.05) is 26.2 Å². The van der Waals surface area contributed by atoms with Crippen LogP contribution >= 0.6 is 11.3 Å². The van der Waals surface area contributed by atoms with Crippen molar-refractivity contribution in [1.29, 1.82) is 0 Å². The maximum atomic E-state index is 6.20. The van der Waals surface area contributed by atoms with Crippen LogP contribution in [0.15, 0.2) is 60.0 Å². The summed E-state index contributed by atoms with van der Waals surface area (Å²) in [7, 11) is 0. The fourth-order valence-corrected chi connectivity index (χ4v) is 4.93. The molecule has 3 aromatic rings. The van der Waals surface area contributed by atoms with E-state index in [0.717, 1.165) is 31.9 Å². The summed E-state index contributed by atoms with van der Waals surface area (Å²) in [5, 5.41) is 5.65. The summed E-state index contributed by atoms with van der Waals surface area (Å²) in [4.78, 5) is 4.01. The first-order valence-corrected chi connectivity index (χ1v) is 10.9. The number of rotatable bonds is 6. The van der Waals surface area contributed by atoms with E-state index in [9.17, 15) is 0 Å². The molecule has 2 aromatic carbocycles. The zero-order valence-corrected chi connectivity index (χ0v) is 17.5. The van der Waals surface area contributed by atoms with Crippen molar-refractivity contribution < 1.29 is 4.74 Å². The van der Waals surface area contributed by atoms with Crippen LogP contribution in [-0.2, 0) is 6.61 Å². The number of nitrogens with one attached hydrogen (secondary N) is 1. The lowest BCUT2D eigenvalue weighted by Crippen LogP contribution is -2.45. The van der Waals surface area contributed by atoms with Crippen LogP contribution in [0.4, 0.5) is 0 Å². The molecule has 0 spiro atoms. The predicted molar refractivity (Wildman–Crippen MR) is 117 cm³/mol. The maximum absolute atomic E-state index is 6.20. The summed E-state index contributed by atoms with van der Waals surface area (Å²) < 4.78 is 6.20. The third-order valence-electron chi connectivity index (χ3n) is 5.35. The highest BCUT2D eigenvalue weighted by Crippen LogP contribution is 2.36. The van der Waals surface area contributed by atoms with Gasteiger partial charge in [0.15, 0.2) is 0 Å². The molecule has 1 fully saturated rings. The zero-order chi connectivity index (χ0) is 19.3. The number of hydrogen-bond acceptors (Lipinski definition) is 4. The lowest BCUT2D eigenvalue weighted by Gasteiger charge is -2.35. The Kier molecular flexibility index (Phi) is 6.10. The molecule has 0 aliphatic carbocycles. The Bertz CT molecular complexity index is 863. The standard InChI is InChI=1S/C24H28N2OS/c1-18-15-21(16-19(2)24(18)27-17-20-7-4-3-5-8-20)23(22-9-6-14-28-22)26-12-10-25-11-13-26/h3-9,14-16,23,25H,10-13,17H2,1-2H3/t23-/m0/s1. The monoisotopic (exact) mass is 392 g/mol. The number of piperazine rings is 1. The summed E-state index contributed by atoms with van der Waals surface area (Å²) in [5.41, 5.74) is 4.99. The molecule has 4 rings (SSSR count). The molecule has 0 bridgehead atoms. The highest BCUT2D eigenvalue weighted by atomic mass is 32.1. The fraction of sp³-hybridized carbons (Fsp3) is 0.333. The summed E-state index contributed by atoms with van der Waals surface area (Å²) >= 11 is 1.85. The van der Waals surface area contributed by atoms with E-state index < -0.39 is 0 Å². The SMILES string of the molecule is Cc1cc([C@@H](c2cccs2)N2CCNCC2)cc(C)c1OCc1ccccc1. The van der Waals surface area contributed by atoms with Gasteiger partial charge in [-0.3, -0.25) is 4.90 Å². The number of aryl methyl sites for hydroxylation is 2. The van der Waals surface area contributed by atoms with Crippen molar-refractivity contribution in [3.63, 3.8) is 0 Å². The van der Waals surface area contributed by atoms with Crippen molar-refractivity contribution in [2.24, 2.45) is 0 Å². The predicted octanol–water partition coefficient (Wildman–Crippen LogP) is 4.94. The maximum Gasteiger partial charge on any atom is 0.125 e. The molecule has 4 heteroatoms. The molecule has 1 aromatic heterocycles. The molecule has 1 saturated heterocycles. The average Bonchev–Trinajstić information content (AvgIpc) is 3.23. The summed E-state index contributed by atoms with van der Waals surface area (Å²) in [6.45, 7) is 9.20. The lowest BCUT2D eigenvalue weighted by atomic mass is 9.97. The molecule has 1 atom stereocenters. The quantitative estimate of drug-likeness (QED) is 0.643. The van der Waals surface area contributed by atoms with Crippen LogP contribution in [0.1, 0.15) is 33.2 Å². The Morgan fingerprint density at radius 1 is 1.00 bits per heavy atom. The first-order chi connectivity index (χ1) is 13.7. The van der Waals surface area contributed by atoms with Crippen LogP contribution in [0.2, 0.25) is 0 Å². The Balaban J connectivity index is 1.61. The molecule has 146 valence electrons. The van der Waals surface area contributed by atoms with Crippen molar-refractivity contribution >= 4 is 11.3 Å². The van der Waals surface area contributed by atoms with Gasteiger partial charge in [0.25, 0.3) is 0 Å². The van der Waals surface area contributed by atoms with E-state index in [0.29, 0.717) is 12.6 Å². The van der Waals surface area contributed by atoms with Crippen molar-refractivity contribution in [2.45, 2.75) is 26.5 Å². The third kappa shape index (κ3) is 4.30. The number of nitrogens with zero attached hydrogens (tertiary/aromatic N) is 1. The Morgan fingerprint density at radius 2 is 1.71 bits per heavy atom. The van der Waals surface area contributed by atoms with Gasteiger partial charge in [0.2, 0.25) is 0 Å².